The Morgan fingerprint density at radius 2 is 1.88 bits per heavy atom. The van der Waals surface area contributed by atoms with Crippen LogP contribution in [0.25, 0.3) is 5.69 Å². The number of hydrogen-bond donors (Lipinski definition) is 0. The Kier molecular flexibility index (Phi) is 3.47. The van der Waals surface area contributed by atoms with Crippen LogP contribution < -0.4 is 0 Å². The van der Waals surface area contributed by atoms with Gasteiger partial charge in [0.15, 0.2) is 0 Å². The van der Waals surface area contributed by atoms with Crippen molar-refractivity contribution in [1.82, 2.24) is 14.7 Å². The van der Waals surface area contributed by atoms with E-state index in [1.165, 1.54) is 53.0 Å². The van der Waals surface area contributed by atoms with E-state index in [2.05, 4.69) is 34.7 Å². The number of hydrogen-bond acceptors (Lipinski definition) is 2. The quantitative estimate of drug-likeness (QED) is 0.845. The van der Waals surface area contributed by atoms with Gasteiger partial charge in [-0.3, -0.25) is 4.79 Å². The van der Waals surface area contributed by atoms with Gasteiger partial charge < -0.3 is 4.90 Å². The van der Waals surface area contributed by atoms with Gasteiger partial charge in [-0.2, -0.15) is 5.10 Å². The zero-order valence-electron chi connectivity index (χ0n) is 14.9. The molecule has 5 rings (SSSR count). The monoisotopic (exact) mass is 335 g/mol. The fraction of sp³-hybridized carbons (Fsp3) is 0.524. The summed E-state index contributed by atoms with van der Waals surface area (Å²) in [7, 11) is 0. The lowest BCUT2D eigenvalue weighted by Gasteiger charge is -2.23. The molecule has 25 heavy (non-hydrogen) atoms. The highest BCUT2D eigenvalue weighted by atomic mass is 16.2. The van der Waals surface area contributed by atoms with Gasteiger partial charge in [0.1, 0.15) is 0 Å². The van der Waals surface area contributed by atoms with E-state index in [0.717, 1.165) is 38.6 Å². The van der Waals surface area contributed by atoms with Gasteiger partial charge in [-0.1, -0.05) is 6.07 Å². The minimum atomic E-state index is 0.342. The summed E-state index contributed by atoms with van der Waals surface area (Å²) < 4.78 is 2.18. The molecule has 2 heterocycles. The van der Waals surface area contributed by atoms with Crippen LogP contribution in [0.5, 0.6) is 0 Å². The third kappa shape index (κ3) is 2.42. The summed E-state index contributed by atoms with van der Waals surface area (Å²) in [4.78, 5) is 14.2. The first-order valence-corrected chi connectivity index (χ1v) is 9.70. The number of rotatable bonds is 2. The Balaban J connectivity index is 1.46. The van der Waals surface area contributed by atoms with Gasteiger partial charge in [-0.05, 0) is 80.7 Å². The summed E-state index contributed by atoms with van der Waals surface area (Å²) in [6.45, 7) is 3.08. The fourth-order valence-electron chi connectivity index (χ4n) is 4.99. The maximum atomic E-state index is 12.1. The molecular weight excluding hydrogens is 310 g/mol. The van der Waals surface area contributed by atoms with Crippen LogP contribution in [0.3, 0.4) is 0 Å². The first-order chi connectivity index (χ1) is 12.2. The van der Waals surface area contributed by atoms with Crippen molar-refractivity contribution in [3.05, 3.63) is 46.3 Å². The van der Waals surface area contributed by atoms with Crippen LogP contribution in [0.15, 0.2) is 18.2 Å². The summed E-state index contributed by atoms with van der Waals surface area (Å²) in [5, 5.41) is 4.85. The maximum Gasteiger partial charge on any atom is 0.222 e. The van der Waals surface area contributed by atoms with Crippen molar-refractivity contribution < 1.29 is 4.79 Å². The van der Waals surface area contributed by atoms with E-state index in [0.29, 0.717) is 11.9 Å². The second-order valence-electron chi connectivity index (χ2n) is 7.84. The van der Waals surface area contributed by atoms with Gasteiger partial charge in [0, 0.05) is 24.7 Å². The van der Waals surface area contributed by atoms with Crippen LogP contribution >= 0.6 is 0 Å². The average molecular weight is 335 g/mol. The van der Waals surface area contributed by atoms with Crippen LogP contribution in [0.4, 0.5) is 0 Å². The molecule has 1 amide bonds. The Bertz CT molecular complexity index is 851. The van der Waals surface area contributed by atoms with Crippen molar-refractivity contribution in [3.63, 3.8) is 0 Å². The van der Waals surface area contributed by atoms with E-state index in [1.54, 1.807) is 0 Å². The van der Waals surface area contributed by atoms with Crippen LogP contribution in [-0.2, 0) is 30.5 Å². The van der Waals surface area contributed by atoms with Gasteiger partial charge in [0.2, 0.25) is 5.91 Å². The molecule has 0 saturated carbocycles. The van der Waals surface area contributed by atoms with E-state index in [4.69, 9.17) is 5.10 Å². The Morgan fingerprint density at radius 1 is 1.04 bits per heavy atom. The molecule has 3 aliphatic rings. The van der Waals surface area contributed by atoms with Gasteiger partial charge in [0.05, 0.1) is 11.4 Å². The van der Waals surface area contributed by atoms with Crippen molar-refractivity contribution in [2.24, 2.45) is 0 Å². The maximum absolute atomic E-state index is 12.1. The van der Waals surface area contributed by atoms with Crippen LogP contribution in [0, 0.1) is 6.92 Å². The fourth-order valence-corrected chi connectivity index (χ4v) is 4.99. The normalized spacial score (nSPS) is 22.4. The van der Waals surface area contributed by atoms with Crippen molar-refractivity contribution in [2.45, 2.75) is 64.3 Å². The highest BCUT2D eigenvalue weighted by molar-refractivity contribution is 5.78. The number of aromatic nitrogens is 2. The number of carbonyl (C=O) groups is 1. The standard InChI is InChI=1S/C21H25N3O/c1-14-19-5-2-3-6-20(19)24(22-14)17-9-8-15-11-18(13-16(15)12-17)23-10-4-7-21(23)25/h8-9,12,18H,2-7,10-11,13H2,1H3. The van der Waals surface area contributed by atoms with E-state index in [9.17, 15) is 4.79 Å². The summed E-state index contributed by atoms with van der Waals surface area (Å²) in [5.74, 6) is 0.342. The lowest BCUT2D eigenvalue weighted by atomic mass is 9.96. The summed E-state index contributed by atoms with van der Waals surface area (Å²) in [6.07, 6.45) is 8.63. The third-order valence-electron chi connectivity index (χ3n) is 6.28. The molecule has 1 fully saturated rings. The second kappa shape index (κ2) is 5.72. The van der Waals surface area contributed by atoms with E-state index < -0.39 is 0 Å². The molecule has 1 atom stereocenters. The number of carbonyl (C=O) groups excluding carboxylic acids is 1. The predicted octanol–water partition coefficient (Wildman–Crippen LogP) is 3.15. The molecule has 2 aromatic rings. The molecule has 2 aliphatic carbocycles. The predicted molar refractivity (Wildman–Crippen MR) is 97.1 cm³/mol. The SMILES string of the molecule is Cc1nn(-c2ccc3c(c2)CC(N2CCCC2=O)C3)c2c1CCCC2. The number of nitrogens with zero attached hydrogens (tertiary/aromatic N) is 3. The van der Waals surface area contributed by atoms with Gasteiger partial charge >= 0.3 is 0 Å². The number of aryl methyl sites for hydroxylation is 1. The molecule has 0 spiro atoms. The van der Waals surface area contributed by atoms with Crippen molar-refractivity contribution in [1.29, 1.82) is 0 Å². The molecule has 4 nitrogen and oxygen atoms in total. The number of likely N-dealkylation sites (tertiary alicyclic amines) is 1. The Labute approximate surface area is 148 Å². The molecule has 1 saturated heterocycles. The van der Waals surface area contributed by atoms with Gasteiger partial charge in [-0.25, -0.2) is 4.68 Å². The van der Waals surface area contributed by atoms with E-state index >= 15 is 0 Å². The topological polar surface area (TPSA) is 38.1 Å². The van der Waals surface area contributed by atoms with E-state index in [1.807, 2.05) is 0 Å². The molecule has 0 N–H and O–H groups in total. The highest BCUT2D eigenvalue weighted by Crippen LogP contribution is 2.32. The molecule has 1 aromatic heterocycles. The summed E-state index contributed by atoms with van der Waals surface area (Å²) in [5.41, 5.74) is 8.07. The second-order valence-corrected chi connectivity index (χ2v) is 7.84. The highest BCUT2D eigenvalue weighted by Gasteiger charge is 2.32. The van der Waals surface area contributed by atoms with Crippen molar-refractivity contribution in [3.8, 4) is 5.69 Å². The van der Waals surface area contributed by atoms with Crippen LogP contribution in [0.1, 0.15) is 53.8 Å². The molecule has 1 unspecified atom stereocenters. The van der Waals surface area contributed by atoms with Crippen LogP contribution in [0.2, 0.25) is 0 Å². The lowest BCUT2D eigenvalue weighted by Crippen LogP contribution is -2.36. The number of benzene rings is 1. The molecule has 0 radical (unpaired) electrons. The average Bonchev–Trinajstić information content (AvgIpc) is 3.31. The zero-order chi connectivity index (χ0) is 17.0. The van der Waals surface area contributed by atoms with Crippen LogP contribution in [-0.4, -0.2) is 33.2 Å². The minimum Gasteiger partial charge on any atom is -0.339 e. The molecule has 1 aliphatic heterocycles. The first-order valence-electron chi connectivity index (χ1n) is 9.70. The largest absolute Gasteiger partial charge is 0.339 e. The molecule has 1 aromatic carbocycles. The third-order valence-corrected chi connectivity index (χ3v) is 6.28. The summed E-state index contributed by atoms with van der Waals surface area (Å²) >= 11 is 0. The Hall–Kier alpha value is -2.10. The van der Waals surface area contributed by atoms with Gasteiger partial charge in [-0.15, -0.1) is 0 Å². The summed E-state index contributed by atoms with van der Waals surface area (Å²) in [6, 6.07) is 7.16. The van der Waals surface area contributed by atoms with Gasteiger partial charge in [0.25, 0.3) is 0 Å². The lowest BCUT2D eigenvalue weighted by molar-refractivity contribution is -0.129. The van der Waals surface area contributed by atoms with Crippen molar-refractivity contribution >= 4 is 5.91 Å². The number of amides is 1. The minimum absolute atomic E-state index is 0.342. The smallest absolute Gasteiger partial charge is 0.222 e. The molecule has 4 heteroatoms. The molecular formula is C21H25N3O. The van der Waals surface area contributed by atoms with Crippen molar-refractivity contribution in [2.75, 3.05) is 6.54 Å². The Morgan fingerprint density at radius 3 is 2.72 bits per heavy atom. The first kappa shape index (κ1) is 15.2. The zero-order valence-corrected chi connectivity index (χ0v) is 14.9. The van der Waals surface area contributed by atoms with E-state index in [-0.39, 0.29) is 0 Å². The molecule has 130 valence electrons. The number of fused-ring (bicyclic) bond motifs is 2. The molecule has 0 bridgehead atoms.